The zero-order valence-corrected chi connectivity index (χ0v) is 52.0. The minimum atomic E-state index is -0.256. The molecule has 6 nitrogen and oxygen atoms in total. The van der Waals surface area contributed by atoms with Gasteiger partial charge in [0.05, 0.1) is 33.1 Å². The van der Waals surface area contributed by atoms with Crippen LogP contribution < -0.4 is 16.0 Å². The van der Waals surface area contributed by atoms with Crippen LogP contribution in [0.25, 0.3) is 159 Å². The van der Waals surface area contributed by atoms with E-state index in [-0.39, 0.29) is 16.5 Å². The summed E-state index contributed by atoms with van der Waals surface area (Å²) < 4.78 is 6.30. The fraction of sp³-hybridized carbons (Fsp3) is 0.0337. The van der Waals surface area contributed by atoms with Crippen molar-refractivity contribution >= 4 is 115 Å². The average molecular weight is 1210 g/mol. The van der Waals surface area contributed by atoms with Crippen LogP contribution in [0.2, 0.25) is 0 Å². The maximum Gasteiger partial charge on any atom is 0.263 e. The summed E-state index contributed by atoms with van der Waals surface area (Å²) in [7, 11) is 0. The van der Waals surface area contributed by atoms with Crippen molar-refractivity contribution in [3.63, 3.8) is 0 Å². The van der Waals surface area contributed by atoms with Gasteiger partial charge in [-0.15, -0.1) is 0 Å². The summed E-state index contributed by atoms with van der Waals surface area (Å²) in [6.07, 6.45) is 0. The lowest BCUT2D eigenvalue weighted by atomic mass is 9.82. The van der Waals surface area contributed by atoms with E-state index in [2.05, 4.69) is 302 Å². The van der Waals surface area contributed by atoms with E-state index in [4.69, 9.17) is 0 Å². The Balaban J connectivity index is 0.719. The van der Waals surface area contributed by atoms with Gasteiger partial charge in [-0.2, -0.15) is 0 Å². The number of para-hydroxylation sites is 3. The van der Waals surface area contributed by atoms with Gasteiger partial charge in [0, 0.05) is 82.0 Å². The van der Waals surface area contributed by atoms with Gasteiger partial charge in [-0.1, -0.05) is 202 Å². The van der Waals surface area contributed by atoms with E-state index in [0.29, 0.717) is 10.8 Å². The molecule has 1 aliphatic carbocycles. The number of hydrogen-bond acceptors (Lipinski definition) is 3. The predicted octanol–water partition coefficient (Wildman–Crippen LogP) is 22.2. The van der Waals surface area contributed by atoms with Crippen LogP contribution in [0.1, 0.15) is 25.0 Å². The first-order valence-electron chi connectivity index (χ1n) is 32.6. The molecule has 14 aromatic carbocycles. The lowest BCUT2D eigenvalue weighted by Crippen LogP contribution is -2.16. The van der Waals surface area contributed by atoms with Crippen molar-refractivity contribution in [2.75, 3.05) is 4.90 Å². The standard InChI is InChI=1S/C89H56N4O2/c1-89(2)79-29-13-11-24-67(79)72-51-75-77-49-60(59-36-43-82-73(46-59)68-25-12-14-30-81(68)91(82)61-21-7-4-8-22-61)48-76-66-42-35-58(47-78(66)88(95)93(86(76)77)84(75)52-80(72)89)57-20-15-19-56(45-57)55-33-39-63(40-34-55)90(62-37-31-54(32-38-62)53-17-5-3-6-18-53)64-41-44-83-74(50-64)70-28-16-27-69-65-23-9-10-26-71(65)87(94)92(83)85(69)70/h3-52H,1-2H3. The van der Waals surface area contributed by atoms with Crippen LogP contribution in [-0.4, -0.2) is 13.4 Å². The molecule has 20 rings (SSSR count). The van der Waals surface area contributed by atoms with Crippen molar-refractivity contribution < 1.29 is 0 Å². The summed E-state index contributed by atoms with van der Waals surface area (Å²) in [6, 6.07) is 108. The molecule has 5 heterocycles. The maximum absolute atomic E-state index is 15.8. The molecule has 0 N–H and O–H groups in total. The van der Waals surface area contributed by atoms with E-state index >= 15 is 4.79 Å². The summed E-state index contributed by atoms with van der Waals surface area (Å²) in [5.41, 5.74) is 23.5. The zero-order chi connectivity index (χ0) is 62.9. The molecule has 0 saturated heterocycles. The summed E-state index contributed by atoms with van der Waals surface area (Å²) in [4.78, 5) is 32.4. The Morgan fingerprint density at radius 1 is 0.263 bits per heavy atom. The van der Waals surface area contributed by atoms with Crippen molar-refractivity contribution in [1.82, 2.24) is 13.4 Å². The van der Waals surface area contributed by atoms with Crippen LogP contribution in [0.4, 0.5) is 17.1 Å². The maximum atomic E-state index is 15.8. The Morgan fingerprint density at radius 2 is 0.726 bits per heavy atom. The van der Waals surface area contributed by atoms with Crippen molar-refractivity contribution in [3.05, 3.63) is 335 Å². The van der Waals surface area contributed by atoms with Crippen molar-refractivity contribution in [1.29, 1.82) is 0 Å². The number of hydrogen-bond donors (Lipinski definition) is 0. The number of aromatic nitrogens is 3. The minimum absolute atomic E-state index is 0.00904. The fourth-order valence-corrected chi connectivity index (χ4v) is 16.4. The van der Waals surface area contributed by atoms with Gasteiger partial charge in [0.2, 0.25) is 0 Å². The Morgan fingerprint density at radius 3 is 1.51 bits per heavy atom. The van der Waals surface area contributed by atoms with E-state index in [0.717, 1.165) is 138 Å². The topological polar surface area (TPSA) is 51.1 Å². The van der Waals surface area contributed by atoms with Gasteiger partial charge < -0.3 is 9.47 Å². The third kappa shape index (κ3) is 7.68. The van der Waals surface area contributed by atoms with Gasteiger partial charge in [0.25, 0.3) is 11.1 Å². The molecular weight excluding hydrogens is 1160 g/mol. The highest BCUT2D eigenvalue weighted by Gasteiger charge is 2.36. The van der Waals surface area contributed by atoms with Gasteiger partial charge in [-0.3, -0.25) is 18.4 Å². The molecule has 0 fully saturated rings. The molecule has 0 saturated carbocycles. The highest BCUT2D eigenvalue weighted by atomic mass is 16.1. The molecule has 0 bridgehead atoms. The van der Waals surface area contributed by atoms with E-state index in [1.165, 1.54) is 38.5 Å². The number of anilines is 3. The van der Waals surface area contributed by atoms with Gasteiger partial charge in [-0.25, -0.2) is 0 Å². The van der Waals surface area contributed by atoms with Crippen molar-refractivity contribution in [3.8, 4) is 61.3 Å². The molecular formula is C89H56N4O2. The second-order valence-corrected chi connectivity index (χ2v) is 26.3. The largest absolute Gasteiger partial charge is 0.310 e. The summed E-state index contributed by atoms with van der Waals surface area (Å²) >= 11 is 0. The van der Waals surface area contributed by atoms with Gasteiger partial charge in [0.15, 0.2) is 0 Å². The molecule has 5 aromatic heterocycles. The first kappa shape index (κ1) is 53.3. The smallest absolute Gasteiger partial charge is 0.263 e. The fourth-order valence-electron chi connectivity index (χ4n) is 16.4. The third-order valence-electron chi connectivity index (χ3n) is 20.9. The molecule has 6 heteroatoms. The third-order valence-corrected chi connectivity index (χ3v) is 20.9. The van der Waals surface area contributed by atoms with Crippen molar-refractivity contribution in [2.24, 2.45) is 0 Å². The number of nitrogens with zero attached hydrogens (tertiary/aromatic N) is 4. The van der Waals surface area contributed by atoms with E-state index in [1.807, 2.05) is 33.1 Å². The first-order valence-corrected chi connectivity index (χ1v) is 32.6. The first-order chi connectivity index (χ1) is 46.7. The van der Waals surface area contributed by atoms with Crippen molar-refractivity contribution in [2.45, 2.75) is 19.3 Å². The Bertz CT molecular complexity index is 6580. The second kappa shape index (κ2) is 19.8. The monoisotopic (exact) mass is 1210 g/mol. The summed E-state index contributed by atoms with van der Waals surface area (Å²) in [5.74, 6) is 0. The molecule has 0 radical (unpaired) electrons. The van der Waals surface area contributed by atoms with Crippen LogP contribution in [0.5, 0.6) is 0 Å². The average Bonchev–Trinajstić information content (AvgIpc) is 1.55. The SMILES string of the molecule is CC1(C)c2ccccc2-c2cc3c4cc(-c5ccc6c(c5)c5ccccc5n6-c5ccccc5)cc5c6ccc(-c7cccc(-c8ccc(N(c9ccc(-c%10ccccc%10)cc9)c9ccc%10c(c9)c9cccc%11c%12ccccc%12c(=O)n%10c%119)cc8)c7)cc6c(=O)n(c3cc21)c54. The highest BCUT2D eigenvalue weighted by Crippen LogP contribution is 2.52. The molecule has 444 valence electrons. The molecule has 0 unspecified atom stereocenters. The Labute approximate surface area is 545 Å². The number of rotatable bonds is 8. The summed E-state index contributed by atoms with van der Waals surface area (Å²) in [5, 5.41) is 12.0. The Hall–Kier alpha value is -12.4. The van der Waals surface area contributed by atoms with Gasteiger partial charge in [0.1, 0.15) is 0 Å². The normalized spacial score (nSPS) is 12.9. The number of fused-ring (bicyclic) bond motifs is 16. The van der Waals surface area contributed by atoms with Crippen LogP contribution in [0.15, 0.2) is 313 Å². The predicted molar refractivity (Wildman–Crippen MR) is 397 cm³/mol. The lowest BCUT2D eigenvalue weighted by Gasteiger charge is -2.26. The van der Waals surface area contributed by atoms with E-state index < -0.39 is 0 Å². The van der Waals surface area contributed by atoms with E-state index in [1.54, 1.807) is 0 Å². The molecule has 0 amide bonds. The van der Waals surface area contributed by atoms with Crippen LogP contribution in [0, 0.1) is 0 Å². The van der Waals surface area contributed by atoms with Gasteiger partial charge >= 0.3 is 0 Å². The lowest BCUT2D eigenvalue weighted by molar-refractivity contribution is 0.661. The molecule has 0 spiro atoms. The number of benzene rings is 14. The minimum Gasteiger partial charge on any atom is -0.310 e. The van der Waals surface area contributed by atoms with Crippen LogP contribution >= 0.6 is 0 Å². The second-order valence-electron chi connectivity index (χ2n) is 26.3. The molecule has 95 heavy (non-hydrogen) atoms. The molecule has 19 aromatic rings. The molecule has 0 aliphatic heterocycles. The van der Waals surface area contributed by atoms with Crippen LogP contribution in [0.3, 0.4) is 0 Å². The molecule has 1 aliphatic rings. The quantitative estimate of drug-likeness (QED) is 0.143. The highest BCUT2D eigenvalue weighted by molar-refractivity contribution is 6.24. The van der Waals surface area contributed by atoms with Crippen LogP contribution in [-0.2, 0) is 5.41 Å². The summed E-state index contributed by atoms with van der Waals surface area (Å²) in [6.45, 7) is 4.62. The Kier molecular flexibility index (Phi) is 11.1. The van der Waals surface area contributed by atoms with E-state index in [9.17, 15) is 4.79 Å². The van der Waals surface area contributed by atoms with Gasteiger partial charge in [-0.05, 0) is 193 Å². The zero-order valence-electron chi connectivity index (χ0n) is 52.0. The number of pyridine rings is 2. The molecule has 0 atom stereocenters.